The van der Waals surface area contributed by atoms with E-state index in [1.165, 1.54) is 18.5 Å². The van der Waals surface area contributed by atoms with Crippen LogP contribution in [-0.4, -0.2) is 59.9 Å². The lowest BCUT2D eigenvalue weighted by molar-refractivity contribution is 0.0244. The second-order valence-corrected chi connectivity index (χ2v) is 10.2. The van der Waals surface area contributed by atoms with Crippen LogP contribution in [0.2, 0.25) is 10.0 Å². The zero-order valence-electron chi connectivity index (χ0n) is 19.4. The molecule has 2 saturated heterocycles. The van der Waals surface area contributed by atoms with Crippen LogP contribution in [0, 0.1) is 0 Å². The van der Waals surface area contributed by atoms with Crippen molar-refractivity contribution in [2.45, 2.75) is 50.7 Å². The van der Waals surface area contributed by atoms with E-state index in [4.69, 9.17) is 27.9 Å². The molecule has 2 fully saturated rings. The van der Waals surface area contributed by atoms with E-state index in [-0.39, 0.29) is 6.04 Å². The van der Waals surface area contributed by atoms with Crippen molar-refractivity contribution in [2.24, 2.45) is 0 Å². The van der Waals surface area contributed by atoms with Crippen LogP contribution in [0.4, 0.5) is 5.69 Å². The number of hydrogen-bond acceptors (Lipinski definition) is 4. The van der Waals surface area contributed by atoms with E-state index in [0.29, 0.717) is 22.1 Å². The number of benzene rings is 2. The first-order valence-corrected chi connectivity index (χ1v) is 12.7. The molecule has 2 aromatic carbocycles. The van der Waals surface area contributed by atoms with E-state index in [1.807, 2.05) is 18.5 Å². The summed E-state index contributed by atoms with van der Waals surface area (Å²) in [6, 6.07) is 13.7. The molecule has 7 heteroatoms. The Morgan fingerprint density at radius 1 is 1.00 bits per heavy atom. The lowest BCUT2D eigenvalue weighted by Gasteiger charge is -2.42. The van der Waals surface area contributed by atoms with Gasteiger partial charge in [-0.05, 0) is 75.5 Å². The van der Waals surface area contributed by atoms with E-state index in [1.54, 1.807) is 6.07 Å². The maximum Gasteiger partial charge on any atom is 0.0964 e. The van der Waals surface area contributed by atoms with Gasteiger partial charge in [-0.1, -0.05) is 29.3 Å². The molecule has 1 atom stereocenters. The Morgan fingerprint density at radius 2 is 1.73 bits per heavy atom. The van der Waals surface area contributed by atoms with Gasteiger partial charge in [0.05, 0.1) is 23.4 Å². The van der Waals surface area contributed by atoms with Gasteiger partial charge in [-0.3, -0.25) is 0 Å². The number of aromatic nitrogens is 2. The van der Waals surface area contributed by atoms with Crippen LogP contribution >= 0.6 is 23.2 Å². The Bertz CT molecular complexity index is 1100. The smallest absolute Gasteiger partial charge is 0.0964 e. The first kappa shape index (κ1) is 23.0. The van der Waals surface area contributed by atoms with Gasteiger partial charge in [0.15, 0.2) is 0 Å². The fourth-order valence-corrected chi connectivity index (χ4v) is 6.00. The number of imidazole rings is 1. The summed E-state index contributed by atoms with van der Waals surface area (Å²) in [4.78, 5) is 9.78. The van der Waals surface area contributed by atoms with Gasteiger partial charge in [0.1, 0.15) is 0 Å². The van der Waals surface area contributed by atoms with Crippen LogP contribution in [0.5, 0.6) is 0 Å². The summed E-state index contributed by atoms with van der Waals surface area (Å²) >= 11 is 12.6. The second kappa shape index (κ2) is 9.83. The van der Waals surface area contributed by atoms with Crippen LogP contribution in [0.15, 0.2) is 42.7 Å². The summed E-state index contributed by atoms with van der Waals surface area (Å²) in [5.41, 5.74) is 4.45. The SMILES string of the molecule is CC(c1ccc(Cl)cc1Cl)n1cnc2ccc(N3CCC(N(C)C4CCOCC4)CC3)cc21. The van der Waals surface area contributed by atoms with Gasteiger partial charge in [-0.15, -0.1) is 0 Å². The molecule has 176 valence electrons. The molecule has 0 N–H and O–H groups in total. The second-order valence-electron chi connectivity index (χ2n) is 9.39. The predicted octanol–water partition coefficient (Wildman–Crippen LogP) is 6.03. The number of ether oxygens (including phenoxy) is 1. The van der Waals surface area contributed by atoms with Crippen molar-refractivity contribution in [1.29, 1.82) is 0 Å². The Labute approximate surface area is 206 Å². The van der Waals surface area contributed by atoms with Crippen LogP contribution in [0.1, 0.15) is 44.2 Å². The maximum atomic E-state index is 6.50. The lowest BCUT2D eigenvalue weighted by atomic mass is 9.98. The molecular weight excluding hydrogens is 455 g/mol. The fraction of sp³-hybridized carbons (Fsp3) is 0.500. The Hall–Kier alpha value is -1.79. The first-order chi connectivity index (χ1) is 16.0. The standard InChI is InChI=1S/C26H32Cl2N4O/c1-18(23-5-3-19(27)15-24(23)28)32-17-29-25-6-4-22(16-26(25)32)31-11-7-20(8-12-31)30(2)21-9-13-33-14-10-21/h3-6,15-18,20-21H,7-14H2,1-2H3. The molecule has 3 heterocycles. The van der Waals surface area contributed by atoms with Gasteiger partial charge in [0, 0.05) is 54.1 Å². The Morgan fingerprint density at radius 3 is 2.45 bits per heavy atom. The molecular formula is C26H32Cl2N4O. The molecule has 0 saturated carbocycles. The highest BCUT2D eigenvalue weighted by atomic mass is 35.5. The van der Waals surface area contributed by atoms with Crippen molar-refractivity contribution in [1.82, 2.24) is 14.5 Å². The minimum Gasteiger partial charge on any atom is -0.381 e. The third kappa shape index (κ3) is 4.74. The summed E-state index contributed by atoms with van der Waals surface area (Å²) < 4.78 is 7.76. The van der Waals surface area contributed by atoms with E-state index >= 15 is 0 Å². The van der Waals surface area contributed by atoms with Gasteiger partial charge in [0.25, 0.3) is 0 Å². The number of nitrogens with zero attached hydrogens (tertiary/aromatic N) is 4. The quantitative estimate of drug-likeness (QED) is 0.440. The Balaban J connectivity index is 1.32. The maximum absolute atomic E-state index is 6.50. The van der Waals surface area contributed by atoms with Gasteiger partial charge in [0.2, 0.25) is 0 Å². The summed E-state index contributed by atoms with van der Waals surface area (Å²) in [7, 11) is 2.31. The zero-order chi connectivity index (χ0) is 22.9. The average molecular weight is 487 g/mol. The summed E-state index contributed by atoms with van der Waals surface area (Å²) in [5.74, 6) is 0. The fourth-order valence-electron chi connectivity index (χ4n) is 5.43. The number of rotatable bonds is 5. The molecule has 5 rings (SSSR count). The van der Waals surface area contributed by atoms with Crippen LogP contribution < -0.4 is 4.90 Å². The van der Waals surface area contributed by atoms with E-state index in [2.05, 4.69) is 51.5 Å². The molecule has 2 aliphatic heterocycles. The predicted molar refractivity (Wildman–Crippen MR) is 137 cm³/mol. The summed E-state index contributed by atoms with van der Waals surface area (Å²) in [5, 5.41) is 1.34. The average Bonchev–Trinajstić information content (AvgIpc) is 3.27. The highest BCUT2D eigenvalue weighted by Gasteiger charge is 2.28. The zero-order valence-corrected chi connectivity index (χ0v) is 20.9. The monoisotopic (exact) mass is 486 g/mol. The van der Waals surface area contributed by atoms with Crippen molar-refractivity contribution in [2.75, 3.05) is 38.3 Å². The molecule has 0 spiro atoms. The number of halogens is 2. The van der Waals surface area contributed by atoms with Gasteiger partial charge in [-0.2, -0.15) is 0 Å². The van der Waals surface area contributed by atoms with E-state index < -0.39 is 0 Å². The van der Waals surface area contributed by atoms with Crippen LogP contribution in [-0.2, 0) is 4.74 Å². The van der Waals surface area contributed by atoms with Crippen molar-refractivity contribution in [3.63, 3.8) is 0 Å². The molecule has 0 amide bonds. The third-order valence-electron chi connectivity index (χ3n) is 7.56. The van der Waals surface area contributed by atoms with Gasteiger partial charge in [-0.25, -0.2) is 4.98 Å². The van der Waals surface area contributed by atoms with Crippen molar-refractivity contribution in [3.05, 3.63) is 58.3 Å². The highest BCUT2D eigenvalue weighted by Crippen LogP contribution is 2.33. The van der Waals surface area contributed by atoms with Crippen molar-refractivity contribution >= 4 is 39.9 Å². The van der Waals surface area contributed by atoms with E-state index in [9.17, 15) is 0 Å². The minimum atomic E-state index is 0.0638. The molecule has 1 aromatic heterocycles. The molecule has 3 aromatic rings. The number of hydrogen-bond donors (Lipinski definition) is 0. The molecule has 0 radical (unpaired) electrons. The topological polar surface area (TPSA) is 33.5 Å². The molecule has 2 aliphatic rings. The minimum absolute atomic E-state index is 0.0638. The molecule has 5 nitrogen and oxygen atoms in total. The Kier molecular flexibility index (Phi) is 6.84. The van der Waals surface area contributed by atoms with Crippen LogP contribution in [0.25, 0.3) is 11.0 Å². The van der Waals surface area contributed by atoms with Crippen LogP contribution in [0.3, 0.4) is 0 Å². The summed E-state index contributed by atoms with van der Waals surface area (Å²) in [6.07, 6.45) is 6.63. The molecule has 33 heavy (non-hydrogen) atoms. The normalized spacial score (nSPS) is 19.5. The number of fused-ring (bicyclic) bond motifs is 1. The summed E-state index contributed by atoms with van der Waals surface area (Å²) in [6.45, 7) is 6.12. The molecule has 0 bridgehead atoms. The number of piperidine rings is 1. The lowest BCUT2D eigenvalue weighted by Crippen LogP contribution is -2.48. The third-order valence-corrected chi connectivity index (χ3v) is 8.12. The largest absolute Gasteiger partial charge is 0.381 e. The number of anilines is 1. The van der Waals surface area contributed by atoms with Crippen molar-refractivity contribution < 1.29 is 4.74 Å². The van der Waals surface area contributed by atoms with E-state index in [0.717, 1.165) is 55.7 Å². The van der Waals surface area contributed by atoms with Gasteiger partial charge >= 0.3 is 0 Å². The molecule has 0 aliphatic carbocycles. The molecule has 1 unspecified atom stereocenters. The van der Waals surface area contributed by atoms with Crippen molar-refractivity contribution in [3.8, 4) is 0 Å². The first-order valence-electron chi connectivity index (χ1n) is 12.0. The highest BCUT2D eigenvalue weighted by molar-refractivity contribution is 6.35. The van der Waals surface area contributed by atoms with Gasteiger partial charge < -0.3 is 19.1 Å².